The van der Waals surface area contributed by atoms with Gasteiger partial charge in [0, 0.05) is 51.8 Å². The molecule has 1 atom stereocenters. The Hall–Kier alpha value is -2.64. The molecule has 2 aliphatic heterocycles. The second-order valence-corrected chi connectivity index (χ2v) is 6.33. The number of carbonyl (C=O) groups excluding carboxylic acids is 3. The first-order valence-electron chi connectivity index (χ1n) is 8.31. The number of amides is 4. The Labute approximate surface area is 145 Å². The summed E-state index contributed by atoms with van der Waals surface area (Å²) in [7, 11) is 0. The fourth-order valence-electron chi connectivity index (χ4n) is 3.19. The molecule has 0 aliphatic carbocycles. The van der Waals surface area contributed by atoms with Crippen molar-refractivity contribution >= 4 is 23.5 Å². The zero-order chi connectivity index (χ0) is 18.0. The van der Waals surface area contributed by atoms with Gasteiger partial charge in [-0.2, -0.15) is 0 Å². The Kier molecular flexibility index (Phi) is 4.87. The average Bonchev–Trinajstić information content (AvgIpc) is 2.95. The molecule has 134 valence electrons. The highest BCUT2D eigenvalue weighted by molar-refractivity contribution is 5.96. The van der Waals surface area contributed by atoms with Crippen molar-refractivity contribution in [1.82, 2.24) is 15.1 Å². The van der Waals surface area contributed by atoms with Gasteiger partial charge in [-0.05, 0) is 18.2 Å². The lowest BCUT2D eigenvalue weighted by atomic mass is 10.2. The van der Waals surface area contributed by atoms with E-state index >= 15 is 0 Å². The standard InChI is InChI=1S/C17H21FN4O3/c1-12(23)20-5-7-21(8-6-20)17(25)19-14-10-16(24)22(11-14)15-4-2-3-13(18)9-15/h2-4,9,14H,5-8,10-11H2,1H3,(H,19,25)/t14-/m1/s1. The summed E-state index contributed by atoms with van der Waals surface area (Å²) in [5, 5.41) is 2.86. The Morgan fingerprint density at radius 2 is 1.84 bits per heavy atom. The minimum Gasteiger partial charge on any atom is -0.339 e. The topological polar surface area (TPSA) is 73.0 Å². The second kappa shape index (κ2) is 7.08. The van der Waals surface area contributed by atoms with Gasteiger partial charge in [-0.3, -0.25) is 9.59 Å². The van der Waals surface area contributed by atoms with Crippen LogP contribution >= 0.6 is 0 Å². The van der Waals surface area contributed by atoms with Crippen molar-refractivity contribution in [2.45, 2.75) is 19.4 Å². The molecule has 2 fully saturated rings. The average molecular weight is 348 g/mol. The van der Waals surface area contributed by atoms with Gasteiger partial charge < -0.3 is 20.0 Å². The number of anilines is 1. The van der Waals surface area contributed by atoms with Gasteiger partial charge in [-0.25, -0.2) is 9.18 Å². The van der Waals surface area contributed by atoms with Crippen LogP contribution in [0.25, 0.3) is 0 Å². The zero-order valence-electron chi connectivity index (χ0n) is 14.1. The van der Waals surface area contributed by atoms with Crippen molar-refractivity contribution in [2.75, 3.05) is 37.6 Å². The monoisotopic (exact) mass is 348 g/mol. The molecule has 0 radical (unpaired) electrons. The number of halogens is 1. The van der Waals surface area contributed by atoms with Gasteiger partial charge in [0.1, 0.15) is 5.82 Å². The summed E-state index contributed by atoms with van der Waals surface area (Å²) in [5.74, 6) is -0.536. The second-order valence-electron chi connectivity index (χ2n) is 6.33. The first-order chi connectivity index (χ1) is 11.9. The molecule has 0 spiro atoms. The zero-order valence-corrected chi connectivity index (χ0v) is 14.1. The number of piperazine rings is 1. The van der Waals surface area contributed by atoms with E-state index in [9.17, 15) is 18.8 Å². The van der Waals surface area contributed by atoms with E-state index in [1.165, 1.54) is 24.0 Å². The highest BCUT2D eigenvalue weighted by Crippen LogP contribution is 2.22. The maximum absolute atomic E-state index is 13.3. The minimum atomic E-state index is -0.402. The lowest BCUT2D eigenvalue weighted by Crippen LogP contribution is -2.54. The normalized spacial score (nSPS) is 20.8. The number of benzene rings is 1. The molecule has 7 nitrogen and oxygen atoms in total. The van der Waals surface area contributed by atoms with Crippen molar-refractivity contribution < 1.29 is 18.8 Å². The Morgan fingerprint density at radius 1 is 1.16 bits per heavy atom. The molecule has 1 aromatic rings. The van der Waals surface area contributed by atoms with E-state index in [-0.39, 0.29) is 30.3 Å². The van der Waals surface area contributed by atoms with Crippen LogP contribution in [0.2, 0.25) is 0 Å². The molecule has 8 heteroatoms. The molecule has 0 bridgehead atoms. The van der Waals surface area contributed by atoms with E-state index in [0.29, 0.717) is 38.4 Å². The first-order valence-corrected chi connectivity index (χ1v) is 8.31. The van der Waals surface area contributed by atoms with Gasteiger partial charge >= 0.3 is 6.03 Å². The van der Waals surface area contributed by atoms with E-state index in [0.717, 1.165) is 0 Å². The van der Waals surface area contributed by atoms with Crippen LogP contribution in [0.1, 0.15) is 13.3 Å². The number of rotatable bonds is 2. The van der Waals surface area contributed by atoms with E-state index in [2.05, 4.69) is 5.32 Å². The Morgan fingerprint density at radius 3 is 2.48 bits per heavy atom. The summed E-state index contributed by atoms with van der Waals surface area (Å²) in [5.41, 5.74) is 0.497. The third-order valence-corrected chi connectivity index (χ3v) is 4.58. The van der Waals surface area contributed by atoms with Crippen LogP contribution in [0, 0.1) is 5.82 Å². The van der Waals surface area contributed by atoms with Crippen LogP contribution in [0.15, 0.2) is 24.3 Å². The molecule has 2 heterocycles. The van der Waals surface area contributed by atoms with Gasteiger partial charge in [0.05, 0.1) is 6.04 Å². The van der Waals surface area contributed by atoms with Crippen LogP contribution in [0.3, 0.4) is 0 Å². The van der Waals surface area contributed by atoms with Crippen LogP contribution in [0.4, 0.5) is 14.9 Å². The van der Waals surface area contributed by atoms with Crippen LogP contribution in [0.5, 0.6) is 0 Å². The van der Waals surface area contributed by atoms with Crippen molar-refractivity contribution in [2.24, 2.45) is 0 Å². The summed E-state index contributed by atoms with van der Waals surface area (Å²) >= 11 is 0. The molecule has 0 unspecified atom stereocenters. The van der Waals surface area contributed by atoms with Crippen molar-refractivity contribution in [3.05, 3.63) is 30.1 Å². The molecule has 4 amide bonds. The maximum Gasteiger partial charge on any atom is 0.317 e. The Balaban J connectivity index is 1.55. The van der Waals surface area contributed by atoms with Gasteiger partial charge in [0.15, 0.2) is 0 Å². The van der Waals surface area contributed by atoms with Crippen LogP contribution in [-0.2, 0) is 9.59 Å². The molecule has 1 aromatic carbocycles. The summed E-state index contributed by atoms with van der Waals surface area (Å²) in [6.45, 7) is 3.81. The molecule has 1 N–H and O–H groups in total. The molecular weight excluding hydrogens is 327 g/mol. The fourth-order valence-corrected chi connectivity index (χ4v) is 3.19. The lowest BCUT2D eigenvalue weighted by molar-refractivity contribution is -0.130. The summed E-state index contributed by atoms with van der Waals surface area (Å²) in [6, 6.07) is 5.31. The third-order valence-electron chi connectivity index (χ3n) is 4.58. The molecule has 2 aliphatic rings. The molecule has 25 heavy (non-hydrogen) atoms. The number of nitrogens with one attached hydrogen (secondary N) is 1. The lowest BCUT2D eigenvalue weighted by Gasteiger charge is -2.34. The smallest absolute Gasteiger partial charge is 0.317 e. The van der Waals surface area contributed by atoms with Crippen molar-refractivity contribution in [1.29, 1.82) is 0 Å². The molecule has 0 saturated carbocycles. The quantitative estimate of drug-likeness (QED) is 0.859. The maximum atomic E-state index is 13.3. The molecule has 0 aromatic heterocycles. The van der Waals surface area contributed by atoms with E-state index in [4.69, 9.17) is 0 Å². The number of hydrogen-bond acceptors (Lipinski definition) is 3. The van der Waals surface area contributed by atoms with E-state index in [1.54, 1.807) is 21.9 Å². The SMILES string of the molecule is CC(=O)N1CCN(C(=O)N[C@@H]2CC(=O)N(c3cccc(F)c3)C2)CC1. The van der Waals surface area contributed by atoms with Gasteiger partial charge in [-0.15, -0.1) is 0 Å². The van der Waals surface area contributed by atoms with E-state index in [1.807, 2.05) is 0 Å². The molecule has 3 rings (SSSR count). The van der Waals surface area contributed by atoms with Crippen molar-refractivity contribution in [3.63, 3.8) is 0 Å². The van der Waals surface area contributed by atoms with Gasteiger partial charge in [0.25, 0.3) is 0 Å². The largest absolute Gasteiger partial charge is 0.339 e. The summed E-state index contributed by atoms with van der Waals surface area (Å²) in [6.07, 6.45) is 0.190. The highest BCUT2D eigenvalue weighted by atomic mass is 19.1. The summed E-state index contributed by atoms with van der Waals surface area (Å²) in [4.78, 5) is 40.7. The Bertz CT molecular complexity index is 688. The highest BCUT2D eigenvalue weighted by Gasteiger charge is 2.33. The third kappa shape index (κ3) is 3.89. The van der Waals surface area contributed by atoms with Crippen molar-refractivity contribution in [3.8, 4) is 0 Å². The molecule has 2 saturated heterocycles. The van der Waals surface area contributed by atoms with Crippen LogP contribution in [-0.4, -0.2) is 66.4 Å². The number of carbonyl (C=O) groups is 3. The molecular formula is C17H21FN4O3. The number of hydrogen-bond donors (Lipinski definition) is 1. The fraction of sp³-hybridized carbons (Fsp3) is 0.471. The van der Waals surface area contributed by atoms with Gasteiger partial charge in [0.2, 0.25) is 11.8 Å². The predicted octanol–water partition coefficient (Wildman–Crippen LogP) is 0.805. The minimum absolute atomic E-state index is 0.00665. The first kappa shape index (κ1) is 17.2. The van der Waals surface area contributed by atoms with E-state index < -0.39 is 5.82 Å². The number of nitrogens with zero attached hydrogens (tertiary/aromatic N) is 3. The predicted molar refractivity (Wildman–Crippen MR) is 89.5 cm³/mol. The number of urea groups is 1. The van der Waals surface area contributed by atoms with Gasteiger partial charge in [-0.1, -0.05) is 6.07 Å². The summed E-state index contributed by atoms with van der Waals surface area (Å²) < 4.78 is 13.3. The van der Waals surface area contributed by atoms with Crippen LogP contribution < -0.4 is 10.2 Å².